The Balaban J connectivity index is 1.11. The Labute approximate surface area is 354 Å². The minimum Gasteiger partial charge on any atom is -0.445 e. The molecule has 17 heteroatoms. The lowest BCUT2D eigenvalue weighted by molar-refractivity contribution is -0.205. The van der Waals surface area contributed by atoms with E-state index >= 15 is 0 Å². The Bertz CT molecular complexity index is 1980. The molecule has 4 atom stereocenters. The molecule has 2 fully saturated rings. The molecular formula is C44H55N7O10. The number of nitrogens with zero attached hydrogens (tertiary/aromatic N) is 3. The number of ether oxygens (including phenoxy) is 6. The molecule has 6 rings (SSSR count). The van der Waals surface area contributed by atoms with E-state index in [0.29, 0.717) is 39.0 Å². The summed E-state index contributed by atoms with van der Waals surface area (Å²) in [6.07, 6.45) is 1.77. The molecule has 2 unspecified atom stereocenters. The maximum absolute atomic E-state index is 12.9. The van der Waals surface area contributed by atoms with Gasteiger partial charge in [-0.2, -0.15) is 4.98 Å². The van der Waals surface area contributed by atoms with Crippen molar-refractivity contribution in [2.24, 2.45) is 4.99 Å². The minimum absolute atomic E-state index is 0.0378. The summed E-state index contributed by atoms with van der Waals surface area (Å²) in [6.45, 7) is 2.82. The number of unbranched alkanes of at least 4 members (excludes halogenated alkanes) is 1. The highest BCUT2D eigenvalue weighted by atomic mass is 16.7. The second-order valence-electron chi connectivity index (χ2n) is 14.8. The van der Waals surface area contributed by atoms with Crippen LogP contribution in [0.25, 0.3) is 0 Å². The Hall–Kier alpha value is -5.85. The molecule has 0 saturated carbocycles. The lowest BCUT2D eigenvalue weighted by atomic mass is 10.1. The fraction of sp³-hybridized carbons (Fsp3) is 0.432. The van der Waals surface area contributed by atoms with E-state index in [1.165, 1.54) is 0 Å². The molecule has 3 heterocycles. The lowest BCUT2D eigenvalue weighted by Gasteiger charge is -2.32. The molecule has 61 heavy (non-hydrogen) atoms. The molecule has 0 radical (unpaired) electrons. The molecule has 3 amide bonds. The van der Waals surface area contributed by atoms with E-state index in [1.54, 1.807) is 23.8 Å². The zero-order chi connectivity index (χ0) is 42.7. The number of nitrogens with one attached hydrogen (secondary N) is 4. The van der Waals surface area contributed by atoms with E-state index in [1.807, 2.05) is 91.0 Å². The van der Waals surface area contributed by atoms with Crippen LogP contribution in [0.1, 0.15) is 68.4 Å². The first-order valence-corrected chi connectivity index (χ1v) is 20.6. The molecule has 0 aliphatic carbocycles. The molecule has 2 aliphatic rings. The van der Waals surface area contributed by atoms with Crippen molar-refractivity contribution < 1.29 is 47.9 Å². The van der Waals surface area contributed by atoms with Crippen molar-refractivity contribution in [2.45, 2.75) is 95.8 Å². The highest BCUT2D eigenvalue weighted by Gasteiger charge is 2.39. The average molecular weight is 842 g/mol. The number of carbonyl (C=O) groups is 3. The van der Waals surface area contributed by atoms with Crippen molar-refractivity contribution in [3.05, 3.63) is 126 Å². The number of aliphatic hydroxyl groups is 1. The maximum atomic E-state index is 12.9. The summed E-state index contributed by atoms with van der Waals surface area (Å²) >= 11 is 0. The van der Waals surface area contributed by atoms with Gasteiger partial charge >= 0.3 is 18.3 Å². The van der Waals surface area contributed by atoms with Crippen LogP contribution in [0.4, 0.5) is 20.2 Å². The SMILES string of the molecule is CC(NCCCCN=c1nc(NC(=O)OCc2ccccc2)ccn1[C@@H]1O[C@H](CO)CC1OC1CCCCO1)(NC(=O)OCc1ccccc1)NC(=O)OCc1ccccc1. The zero-order valence-corrected chi connectivity index (χ0v) is 34.3. The van der Waals surface area contributed by atoms with Gasteiger partial charge in [-0.15, -0.1) is 0 Å². The molecule has 2 aliphatic heterocycles. The van der Waals surface area contributed by atoms with E-state index in [9.17, 15) is 19.5 Å². The monoisotopic (exact) mass is 841 g/mol. The lowest BCUT2D eigenvalue weighted by Crippen LogP contribution is -2.67. The van der Waals surface area contributed by atoms with Gasteiger partial charge in [-0.25, -0.2) is 14.4 Å². The quantitative estimate of drug-likeness (QED) is 0.0444. The third-order valence-corrected chi connectivity index (χ3v) is 9.82. The Kier molecular flexibility index (Phi) is 17.0. The van der Waals surface area contributed by atoms with Gasteiger partial charge in [0.1, 0.15) is 31.7 Å². The van der Waals surface area contributed by atoms with Gasteiger partial charge in [0, 0.05) is 25.8 Å². The molecule has 0 bridgehead atoms. The van der Waals surface area contributed by atoms with Crippen LogP contribution in [0.5, 0.6) is 0 Å². The van der Waals surface area contributed by atoms with Gasteiger partial charge < -0.3 is 33.5 Å². The first-order valence-electron chi connectivity index (χ1n) is 20.6. The summed E-state index contributed by atoms with van der Waals surface area (Å²) < 4.78 is 36.5. The largest absolute Gasteiger partial charge is 0.445 e. The topological polar surface area (TPSA) is 205 Å². The van der Waals surface area contributed by atoms with Crippen molar-refractivity contribution in [3.8, 4) is 0 Å². The van der Waals surface area contributed by atoms with Crippen molar-refractivity contribution in [2.75, 3.05) is 31.6 Å². The van der Waals surface area contributed by atoms with Crippen LogP contribution < -0.4 is 26.9 Å². The summed E-state index contributed by atoms with van der Waals surface area (Å²) in [6, 6.07) is 29.4. The van der Waals surface area contributed by atoms with Gasteiger partial charge in [0.25, 0.3) is 0 Å². The highest BCUT2D eigenvalue weighted by Crippen LogP contribution is 2.32. The van der Waals surface area contributed by atoms with Crippen molar-refractivity contribution in [1.29, 1.82) is 0 Å². The molecule has 0 spiro atoms. The number of amides is 3. The number of anilines is 1. The highest BCUT2D eigenvalue weighted by molar-refractivity contribution is 5.83. The number of hydrogen-bond donors (Lipinski definition) is 5. The third kappa shape index (κ3) is 14.7. The van der Waals surface area contributed by atoms with Crippen LogP contribution in [0, 0.1) is 0 Å². The predicted octanol–water partition coefficient (Wildman–Crippen LogP) is 5.62. The maximum Gasteiger partial charge on any atom is 0.413 e. The Morgan fingerprint density at radius 1 is 0.820 bits per heavy atom. The standard InChI is InChI=1S/C44H55N7O10/c1-44(49-42(54)58-30-33-17-7-3-8-18-33,50-43(55)59-31-34-19-9-4-10-20-34)46-24-13-12-23-45-40-47-37(48-41(53)57-29-32-15-5-2-6-16-32)22-25-51(40)39-36(27-35(28-52)60-39)61-38-21-11-14-26-56-38/h2-10,15-20,22,25,35-36,38-39,46,52H,11-14,21,23-24,26-31H2,1H3,(H,49,54)(H,50,55)(H,45,47,48,53)/t35-,36?,38?,39+/m0/s1. The number of aromatic nitrogens is 2. The summed E-state index contributed by atoms with van der Waals surface area (Å²) in [4.78, 5) is 48.1. The fourth-order valence-corrected chi connectivity index (χ4v) is 6.68. The van der Waals surface area contributed by atoms with Crippen LogP contribution in [0.2, 0.25) is 0 Å². The molecular weight excluding hydrogens is 787 g/mol. The van der Waals surface area contributed by atoms with Crippen molar-refractivity contribution in [1.82, 2.24) is 25.5 Å². The fourth-order valence-electron chi connectivity index (χ4n) is 6.68. The summed E-state index contributed by atoms with van der Waals surface area (Å²) in [5.74, 6) is -1.23. The molecule has 17 nitrogen and oxygen atoms in total. The van der Waals surface area contributed by atoms with Crippen LogP contribution in [0.3, 0.4) is 0 Å². The smallest absolute Gasteiger partial charge is 0.413 e. The second kappa shape index (κ2) is 23.2. The molecule has 5 N–H and O–H groups in total. The summed E-state index contributed by atoms with van der Waals surface area (Å²) in [5, 5.41) is 21.3. The minimum atomic E-state index is -1.45. The average Bonchev–Trinajstić information content (AvgIpc) is 3.69. The van der Waals surface area contributed by atoms with Crippen molar-refractivity contribution in [3.63, 3.8) is 0 Å². The van der Waals surface area contributed by atoms with Crippen LogP contribution >= 0.6 is 0 Å². The van der Waals surface area contributed by atoms with Gasteiger partial charge in [0.05, 0.1) is 12.7 Å². The number of benzene rings is 3. The van der Waals surface area contributed by atoms with Crippen LogP contribution in [-0.2, 0) is 48.2 Å². The normalized spacial score (nSPS) is 19.1. The van der Waals surface area contributed by atoms with Gasteiger partial charge in [-0.1, -0.05) is 91.0 Å². The first kappa shape index (κ1) is 44.7. The summed E-state index contributed by atoms with van der Waals surface area (Å²) in [5.41, 5.74) is 2.70. The predicted molar refractivity (Wildman–Crippen MR) is 222 cm³/mol. The number of carbonyl (C=O) groups excluding carboxylic acids is 3. The number of rotatable bonds is 19. The Morgan fingerprint density at radius 2 is 1.41 bits per heavy atom. The molecule has 3 aromatic carbocycles. The van der Waals surface area contributed by atoms with Crippen LogP contribution in [0.15, 0.2) is 108 Å². The molecule has 326 valence electrons. The van der Waals surface area contributed by atoms with Crippen molar-refractivity contribution >= 4 is 24.1 Å². The van der Waals surface area contributed by atoms with E-state index in [0.717, 1.165) is 36.0 Å². The second-order valence-corrected chi connectivity index (χ2v) is 14.8. The molecule has 2 saturated heterocycles. The number of alkyl carbamates (subject to hydrolysis) is 2. The van der Waals surface area contributed by atoms with E-state index < -0.39 is 48.8 Å². The first-order chi connectivity index (χ1) is 29.7. The molecule has 4 aromatic rings. The van der Waals surface area contributed by atoms with E-state index in [2.05, 4.69) is 26.3 Å². The molecule has 1 aromatic heterocycles. The zero-order valence-electron chi connectivity index (χ0n) is 34.3. The number of hydrogen-bond acceptors (Lipinski definition) is 13. The van der Waals surface area contributed by atoms with Gasteiger partial charge in [-0.05, 0) is 68.3 Å². The van der Waals surface area contributed by atoms with E-state index in [4.69, 9.17) is 33.4 Å². The van der Waals surface area contributed by atoms with E-state index in [-0.39, 0.29) is 37.9 Å². The van der Waals surface area contributed by atoms with Gasteiger partial charge in [0.2, 0.25) is 5.62 Å². The van der Waals surface area contributed by atoms with Gasteiger partial charge in [0.15, 0.2) is 18.3 Å². The van der Waals surface area contributed by atoms with Gasteiger partial charge in [-0.3, -0.25) is 30.8 Å². The van der Waals surface area contributed by atoms with Crippen LogP contribution in [-0.4, -0.2) is 83.5 Å². The number of aliphatic hydroxyl groups excluding tert-OH is 1. The third-order valence-electron chi connectivity index (χ3n) is 9.82. The Morgan fingerprint density at radius 3 is 1.97 bits per heavy atom. The summed E-state index contributed by atoms with van der Waals surface area (Å²) in [7, 11) is 0.